The van der Waals surface area contributed by atoms with Gasteiger partial charge < -0.3 is 15.7 Å². The third kappa shape index (κ3) is 2.36. The molecule has 1 aliphatic carbocycles. The molecule has 0 aromatic heterocycles. The van der Waals surface area contributed by atoms with Crippen LogP contribution in [-0.2, 0) is 9.59 Å². The average Bonchev–Trinajstić information content (AvgIpc) is 2.30. The minimum atomic E-state index is -0.840. The Kier molecular flexibility index (Phi) is 4.66. The van der Waals surface area contributed by atoms with Gasteiger partial charge >= 0.3 is 0 Å². The quantitative estimate of drug-likeness (QED) is 0.710. The van der Waals surface area contributed by atoms with E-state index in [-0.39, 0.29) is 31.4 Å². The molecule has 1 aliphatic heterocycles. The van der Waals surface area contributed by atoms with Crippen molar-refractivity contribution in [2.75, 3.05) is 13.2 Å². The molecule has 6 heteroatoms. The van der Waals surface area contributed by atoms with Gasteiger partial charge in [-0.15, -0.1) is 0 Å². The van der Waals surface area contributed by atoms with Gasteiger partial charge in [0.1, 0.15) is 6.04 Å². The van der Waals surface area contributed by atoms with Gasteiger partial charge in [-0.1, -0.05) is 6.92 Å². The highest BCUT2D eigenvalue weighted by Crippen LogP contribution is 2.47. The Morgan fingerprint density at radius 3 is 2.50 bits per heavy atom. The fourth-order valence-electron chi connectivity index (χ4n) is 2.96. The monoisotopic (exact) mass is 274 g/mol. The minimum Gasteiger partial charge on any atom is -0.394 e. The van der Waals surface area contributed by atoms with Gasteiger partial charge in [-0.2, -0.15) is 13.5 Å². The first-order valence-electron chi connectivity index (χ1n) is 6.21. The Labute approximate surface area is 114 Å². The molecule has 2 aliphatic rings. The minimum absolute atomic E-state index is 0. The maximum absolute atomic E-state index is 12.2. The topological polar surface area (TPSA) is 83.6 Å². The van der Waals surface area contributed by atoms with E-state index in [1.807, 2.05) is 0 Å². The second kappa shape index (κ2) is 5.48. The molecule has 0 aromatic carbocycles. The Morgan fingerprint density at radius 1 is 1.56 bits per heavy atom. The van der Waals surface area contributed by atoms with E-state index in [0.29, 0.717) is 12.5 Å². The van der Waals surface area contributed by atoms with Gasteiger partial charge in [-0.3, -0.25) is 9.59 Å². The highest BCUT2D eigenvalue weighted by molar-refractivity contribution is 7.59. The molecule has 0 radical (unpaired) electrons. The van der Waals surface area contributed by atoms with Gasteiger partial charge in [0.2, 0.25) is 11.8 Å². The third-order valence-electron chi connectivity index (χ3n) is 4.30. The molecule has 1 saturated heterocycles. The number of primary amides is 1. The first-order chi connectivity index (χ1) is 8.00. The highest BCUT2D eigenvalue weighted by atomic mass is 32.1. The standard InChI is InChI=1S/C12H20N2O3.H2S/c1-8-2-4-12(5-3-8)7-14(11(12)17)9(6-15)10(13)16;/h8-9,15H,2-7H2,1H3,(H2,13,16);1H2/t8?,9-,12?;/m0./s1. The van der Waals surface area contributed by atoms with Gasteiger partial charge in [-0.05, 0) is 31.6 Å². The Hall–Kier alpha value is -0.750. The van der Waals surface area contributed by atoms with Crippen molar-refractivity contribution in [3.63, 3.8) is 0 Å². The van der Waals surface area contributed by atoms with Crippen molar-refractivity contribution in [2.24, 2.45) is 17.1 Å². The van der Waals surface area contributed by atoms with Gasteiger partial charge in [0, 0.05) is 6.54 Å². The molecule has 0 bridgehead atoms. The van der Waals surface area contributed by atoms with Crippen LogP contribution in [0, 0.1) is 11.3 Å². The van der Waals surface area contributed by atoms with Crippen LogP contribution in [0.5, 0.6) is 0 Å². The molecule has 1 saturated carbocycles. The zero-order chi connectivity index (χ0) is 12.6. The van der Waals surface area contributed by atoms with E-state index >= 15 is 0 Å². The van der Waals surface area contributed by atoms with E-state index < -0.39 is 11.9 Å². The maximum Gasteiger partial charge on any atom is 0.242 e. The summed E-state index contributed by atoms with van der Waals surface area (Å²) < 4.78 is 0. The number of nitrogens with two attached hydrogens (primary N) is 1. The Morgan fingerprint density at radius 2 is 2.11 bits per heavy atom. The predicted molar refractivity (Wildman–Crippen MR) is 72.2 cm³/mol. The van der Waals surface area contributed by atoms with Crippen LogP contribution >= 0.6 is 13.5 Å². The third-order valence-corrected chi connectivity index (χ3v) is 4.30. The smallest absolute Gasteiger partial charge is 0.242 e. The molecule has 5 nitrogen and oxygen atoms in total. The highest BCUT2D eigenvalue weighted by Gasteiger charge is 2.55. The molecule has 1 spiro atoms. The first-order valence-corrected chi connectivity index (χ1v) is 6.21. The fraction of sp³-hybridized carbons (Fsp3) is 0.833. The molecule has 2 amide bonds. The van der Waals surface area contributed by atoms with Gasteiger partial charge in [-0.25, -0.2) is 0 Å². The van der Waals surface area contributed by atoms with E-state index in [2.05, 4.69) is 6.92 Å². The summed E-state index contributed by atoms with van der Waals surface area (Å²) >= 11 is 0. The zero-order valence-corrected chi connectivity index (χ0v) is 11.7. The van der Waals surface area contributed by atoms with Gasteiger partial charge in [0.05, 0.1) is 12.0 Å². The van der Waals surface area contributed by atoms with Crippen LogP contribution in [0.1, 0.15) is 32.6 Å². The van der Waals surface area contributed by atoms with Gasteiger partial charge in [0.25, 0.3) is 0 Å². The van der Waals surface area contributed by atoms with Crippen molar-refractivity contribution in [1.82, 2.24) is 4.90 Å². The normalized spacial score (nSPS) is 32.7. The lowest BCUT2D eigenvalue weighted by Gasteiger charge is -2.53. The number of nitrogens with zero attached hydrogens (tertiary/aromatic N) is 1. The number of amides is 2. The van der Waals surface area contributed by atoms with E-state index in [9.17, 15) is 9.59 Å². The summed E-state index contributed by atoms with van der Waals surface area (Å²) in [7, 11) is 0. The van der Waals surface area contributed by atoms with Crippen molar-refractivity contribution in [2.45, 2.75) is 38.6 Å². The van der Waals surface area contributed by atoms with Crippen LogP contribution in [0.15, 0.2) is 0 Å². The molecule has 104 valence electrons. The number of rotatable bonds is 3. The van der Waals surface area contributed by atoms with E-state index in [1.165, 1.54) is 4.90 Å². The number of carbonyl (C=O) groups is 2. The lowest BCUT2D eigenvalue weighted by molar-refractivity contribution is -0.173. The lowest BCUT2D eigenvalue weighted by Crippen LogP contribution is -2.68. The van der Waals surface area contributed by atoms with Crippen LogP contribution in [0.4, 0.5) is 0 Å². The molecule has 2 fully saturated rings. The molecule has 1 atom stereocenters. The summed E-state index contributed by atoms with van der Waals surface area (Å²) in [6, 6.07) is -0.840. The largest absolute Gasteiger partial charge is 0.394 e. The fourth-order valence-corrected chi connectivity index (χ4v) is 2.96. The molecule has 2 rings (SSSR count). The number of likely N-dealkylation sites (tertiary alicyclic amines) is 1. The van der Waals surface area contributed by atoms with E-state index in [1.54, 1.807) is 0 Å². The predicted octanol–water partition coefficient (Wildman–Crippen LogP) is -0.0159. The number of β-lactam (4-membered cyclic amide) rings is 1. The number of carbonyl (C=O) groups excluding carboxylic acids is 2. The second-order valence-corrected chi connectivity index (χ2v) is 5.50. The molecular weight excluding hydrogens is 252 g/mol. The first kappa shape index (κ1) is 15.3. The maximum atomic E-state index is 12.2. The summed E-state index contributed by atoms with van der Waals surface area (Å²) in [4.78, 5) is 24.7. The molecule has 3 N–H and O–H groups in total. The lowest BCUT2D eigenvalue weighted by atomic mass is 9.65. The van der Waals surface area contributed by atoms with Crippen molar-refractivity contribution in [1.29, 1.82) is 0 Å². The summed E-state index contributed by atoms with van der Waals surface area (Å²) in [5.41, 5.74) is 4.91. The van der Waals surface area contributed by atoms with Crippen molar-refractivity contribution < 1.29 is 14.7 Å². The molecule has 18 heavy (non-hydrogen) atoms. The second-order valence-electron chi connectivity index (χ2n) is 5.50. The van der Waals surface area contributed by atoms with Crippen molar-refractivity contribution >= 4 is 25.3 Å². The summed E-state index contributed by atoms with van der Waals surface area (Å²) in [5, 5.41) is 9.08. The number of aliphatic hydroxyl groups is 1. The van der Waals surface area contributed by atoms with Crippen molar-refractivity contribution in [3.8, 4) is 0 Å². The average molecular weight is 274 g/mol. The van der Waals surface area contributed by atoms with Crippen LogP contribution < -0.4 is 5.73 Å². The zero-order valence-electron chi connectivity index (χ0n) is 10.7. The summed E-state index contributed by atoms with van der Waals surface area (Å²) in [5.74, 6) is 0.0642. The molecule has 0 aromatic rings. The number of hydrogen-bond donors (Lipinski definition) is 2. The molecular formula is C12H22N2O3S. The van der Waals surface area contributed by atoms with Crippen LogP contribution in [-0.4, -0.2) is 41.0 Å². The Balaban J connectivity index is 0.00000162. The Bertz CT molecular complexity index is 340. The number of hydrogen-bond acceptors (Lipinski definition) is 3. The van der Waals surface area contributed by atoms with Crippen LogP contribution in [0.3, 0.4) is 0 Å². The SMILES string of the molecule is CC1CCC2(CC1)CN([C@@H](CO)C(N)=O)C2=O.S. The van der Waals surface area contributed by atoms with Gasteiger partial charge in [0.15, 0.2) is 0 Å². The van der Waals surface area contributed by atoms with Crippen molar-refractivity contribution in [3.05, 3.63) is 0 Å². The molecule has 1 heterocycles. The number of aliphatic hydroxyl groups excluding tert-OH is 1. The summed E-state index contributed by atoms with van der Waals surface area (Å²) in [6.45, 7) is 2.40. The van der Waals surface area contributed by atoms with Crippen LogP contribution in [0.25, 0.3) is 0 Å². The molecule has 0 unspecified atom stereocenters. The van der Waals surface area contributed by atoms with Crippen LogP contribution in [0.2, 0.25) is 0 Å². The van der Waals surface area contributed by atoms with E-state index in [0.717, 1.165) is 25.7 Å². The van der Waals surface area contributed by atoms with E-state index in [4.69, 9.17) is 10.8 Å². The summed E-state index contributed by atoms with van der Waals surface area (Å²) in [6.07, 6.45) is 3.95.